The zero-order chi connectivity index (χ0) is 35.5. The average molecular weight is 691 g/mol. The highest BCUT2D eigenvalue weighted by molar-refractivity contribution is 6.98. The van der Waals surface area contributed by atoms with Gasteiger partial charge in [-0.15, -0.1) is 0 Å². The molecule has 2 aliphatic heterocycles. The van der Waals surface area contributed by atoms with E-state index in [1.54, 1.807) is 0 Å². The Hall–Kier alpha value is -6.98. The van der Waals surface area contributed by atoms with Crippen LogP contribution in [0, 0.1) is 6.92 Å². The highest BCUT2D eigenvalue weighted by Crippen LogP contribution is 2.41. The van der Waals surface area contributed by atoms with Crippen LogP contribution < -0.4 is 25.9 Å². The van der Waals surface area contributed by atoms with E-state index >= 15 is 0 Å². The number of hydrogen-bond acceptors (Lipinski definition) is 2. The van der Waals surface area contributed by atoms with Crippen molar-refractivity contribution in [2.75, 3.05) is 0 Å². The lowest BCUT2D eigenvalue weighted by Crippen LogP contribution is -2.57. The molecule has 2 aromatic heterocycles. The molecule has 4 nitrogen and oxygen atoms in total. The number of hydrogen-bond donors (Lipinski definition) is 0. The van der Waals surface area contributed by atoms with E-state index in [9.17, 15) is 0 Å². The third kappa shape index (κ3) is 4.09. The van der Waals surface area contributed by atoms with Gasteiger partial charge in [0.15, 0.2) is 0 Å². The second-order valence-electron chi connectivity index (χ2n) is 14.5. The van der Waals surface area contributed by atoms with E-state index in [0.717, 1.165) is 61.9 Å². The largest absolute Gasteiger partial charge is 0.458 e. The number of fused-ring (bicyclic) bond motifs is 10. The Morgan fingerprint density at radius 3 is 1.26 bits per heavy atom. The molecule has 0 bridgehead atoms. The highest BCUT2D eigenvalue weighted by atomic mass is 16.5. The molecule has 10 aromatic rings. The first-order valence-electron chi connectivity index (χ1n) is 18.5. The van der Waals surface area contributed by atoms with Crippen molar-refractivity contribution in [2.24, 2.45) is 0 Å². The number of aryl methyl sites for hydroxylation is 1. The van der Waals surface area contributed by atoms with E-state index in [4.69, 9.17) is 9.47 Å². The Bertz CT molecular complexity index is 2910. The maximum Gasteiger partial charge on any atom is 0.260 e. The number of nitrogens with zero attached hydrogens (tertiary/aromatic N) is 2. The zero-order valence-electron chi connectivity index (χ0n) is 29.5. The van der Waals surface area contributed by atoms with Gasteiger partial charge in [-0.1, -0.05) is 109 Å². The molecule has 12 rings (SSSR count). The SMILES string of the molecule is Cc1ccccc1-c1cc2c3c(c1)Oc1cc(-n4c5ccccc5c5ccccc54)ccc1B3c1ccc(-n3c4ccccc4c4ccccc43)cc1O2. The molecule has 54 heavy (non-hydrogen) atoms. The summed E-state index contributed by atoms with van der Waals surface area (Å²) in [5.41, 5.74) is 13.6. The summed E-state index contributed by atoms with van der Waals surface area (Å²) in [5.74, 6) is 3.39. The lowest BCUT2D eigenvalue weighted by Gasteiger charge is -2.34. The van der Waals surface area contributed by atoms with Crippen molar-refractivity contribution in [3.8, 4) is 45.5 Å². The fraction of sp³-hybridized carbons (Fsp3) is 0.0204. The smallest absolute Gasteiger partial charge is 0.260 e. The first kappa shape index (κ1) is 29.6. The lowest BCUT2D eigenvalue weighted by atomic mass is 9.35. The van der Waals surface area contributed by atoms with Gasteiger partial charge < -0.3 is 18.6 Å². The minimum absolute atomic E-state index is 0.0622. The van der Waals surface area contributed by atoms with Crippen LogP contribution in [-0.2, 0) is 0 Å². The molecule has 0 saturated carbocycles. The summed E-state index contributed by atoms with van der Waals surface area (Å²) in [6, 6.07) is 60.9. The summed E-state index contributed by atoms with van der Waals surface area (Å²) >= 11 is 0. The third-order valence-corrected chi connectivity index (χ3v) is 11.6. The Balaban J connectivity index is 1.08. The van der Waals surface area contributed by atoms with Crippen LogP contribution in [0.1, 0.15) is 5.56 Å². The molecule has 0 saturated heterocycles. The van der Waals surface area contributed by atoms with E-state index in [-0.39, 0.29) is 6.71 Å². The van der Waals surface area contributed by atoms with Crippen LogP contribution in [0.4, 0.5) is 0 Å². The quantitative estimate of drug-likeness (QED) is 0.173. The zero-order valence-corrected chi connectivity index (χ0v) is 29.5. The standard InChI is InChI=1S/C49H31BN2O2/c1-30-12-2-3-13-34(30)31-26-47-49-48(27-31)54-46-29-33(52-43-20-10-6-16-37(43)38-17-7-11-21-44(38)52)23-25-40(46)50(49)39-24-22-32(28-45(39)53-47)51-41-18-8-4-14-35(41)36-15-5-9-19-42(36)51/h2-29H,1H3. The molecule has 0 unspecified atom stereocenters. The van der Waals surface area contributed by atoms with Crippen molar-refractivity contribution < 1.29 is 9.47 Å². The van der Waals surface area contributed by atoms with Crippen molar-refractivity contribution in [1.82, 2.24) is 9.13 Å². The summed E-state index contributed by atoms with van der Waals surface area (Å²) in [4.78, 5) is 0. The molecule has 5 heteroatoms. The topological polar surface area (TPSA) is 28.3 Å². The second-order valence-corrected chi connectivity index (χ2v) is 14.5. The van der Waals surface area contributed by atoms with E-state index < -0.39 is 0 Å². The van der Waals surface area contributed by atoms with Gasteiger partial charge in [-0.3, -0.25) is 0 Å². The predicted molar refractivity (Wildman–Crippen MR) is 223 cm³/mol. The number of aromatic nitrogens is 2. The normalized spacial score (nSPS) is 12.8. The molecule has 0 N–H and O–H groups in total. The Kier molecular flexibility index (Phi) is 6.04. The molecule has 252 valence electrons. The molecule has 0 atom stereocenters. The summed E-state index contributed by atoms with van der Waals surface area (Å²) < 4.78 is 18.7. The van der Waals surface area contributed by atoms with Gasteiger partial charge >= 0.3 is 0 Å². The Morgan fingerprint density at radius 1 is 0.407 bits per heavy atom. The van der Waals surface area contributed by atoms with Crippen molar-refractivity contribution in [1.29, 1.82) is 0 Å². The highest BCUT2D eigenvalue weighted by Gasteiger charge is 2.41. The fourth-order valence-corrected chi connectivity index (χ4v) is 9.20. The minimum atomic E-state index is -0.0622. The molecule has 0 fully saturated rings. The van der Waals surface area contributed by atoms with Crippen LogP contribution in [0.3, 0.4) is 0 Å². The summed E-state index contributed by atoms with van der Waals surface area (Å²) in [5, 5.41) is 4.95. The van der Waals surface area contributed by atoms with Crippen LogP contribution in [0.2, 0.25) is 0 Å². The monoisotopic (exact) mass is 690 g/mol. The van der Waals surface area contributed by atoms with Crippen molar-refractivity contribution in [2.45, 2.75) is 6.92 Å². The lowest BCUT2D eigenvalue weighted by molar-refractivity contribution is 0.464. The van der Waals surface area contributed by atoms with Gasteiger partial charge in [-0.05, 0) is 83.1 Å². The van der Waals surface area contributed by atoms with Crippen LogP contribution in [0.15, 0.2) is 170 Å². The summed E-state index contributed by atoms with van der Waals surface area (Å²) in [7, 11) is 0. The average Bonchev–Trinajstić information content (AvgIpc) is 3.73. The van der Waals surface area contributed by atoms with E-state index in [2.05, 4.69) is 186 Å². The molecule has 2 aliphatic rings. The minimum Gasteiger partial charge on any atom is -0.458 e. The predicted octanol–water partition coefficient (Wildman–Crippen LogP) is 10.6. The Labute approximate surface area is 312 Å². The molecule has 8 aromatic carbocycles. The van der Waals surface area contributed by atoms with Crippen molar-refractivity contribution in [3.05, 3.63) is 175 Å². The number of benzene rings is 8. The molecular weight excluding hydrogens is 659 g/mol. The van der Waals surface area contributed by atoms with E-state index in [1.807, 2.05) is 0 Å². The second kappa shape index (κ2) is 11.0. The van der Waals surface area contributed by atoms with Crippen LogP contribution in [0.25, 0.3) is 66.1 Å². The summed E-state index contributed by atoms with van der Waals surface area (Å²) in [6.07, 6.45) is 0. The van der Waals surface area contributed by atoms with Crippen molar-refractivity contribution in [3.63, 3.8) is 0 Å². The van der Waals surface area contributed by atoms with Gasteiger partial charge in [0.1, 0.15) is 23.0 Å². The van der Waals surface area contributed by atoms with Crippen LogP contribution in [-0.4, -0.2) is 15.8 Å². The van der Waals surface area contributed by atoms with Crippen molar-refractivity contribution >= 4 is 66.7 Å². The third-order valence-electron chi connectivity index (χ3n) is 11.6. The van der Waals surface area contributed by atoms with Gasteiger partial charge in [0.2, 0.25) is 0 Å². The van der Waals surface area contributed by atoms with Gasteiger partial charge in [0.25, 0.3) is 6.71 Å². The van der Waals surface area contributed by atoms with Gasteiger partial charge in [-0.25, -0.2) is 0 Å². The first-order chi connectivity index (χ1) is 26.7. The molecule has 0 radical (unpaired) electrons. The van der Waals surface area contributed by atoms with E-state index in [0.29, 0.717) is 0 Å². The van der Waals surface area contributed by atoms with E-state index in [1.165, 1.54) is 49.2 Å². The maximum absolute atomic E-state index is 6.99. The first-order valence-corrected chi connectivity index (χ1v) is 18.5. The summed E-state index contributed by atoms with van der Waals surface area (Å²) in [6.45, 7) is 2.10. The molecule has 0 spiro atoms. The van der Waals surface area contributed by atoms with Gasteiger partial charge in [-0.2, -0.15) is 0 Å². The number of para-hydroxylation sites is 4. The molecule has 0 aliphatic carbocycles. The van der Waals surface area contributed by atoms with Gasteiger partial charge in [0, 0.05) is 50.5 Å². The molecule has 4 heterocycles. The fourth-order valence-electron chi connectivity index (χ4n) is 9.20. The number of ether oxygens (including phenoxy) is 2. The maximum atomic E-state index is 6.99. The molecule has 0 amide bonds. The molecular formula is C49H31BN2O2. The van der Waals surface area contributed by atoms with Crippen LogP contribution in [0.5, 0.6) is 23.0 Å². The Morgan fingerprint density at radius 2 is 0.815 bits per heavy atom. The van der Waals surface area contributed by atoms with Gasteiger partial charge in [0.05, 0.1) is 22.1 Å². The van der Waals surface area contributed by atoms with Crippen LogP contribution >= 0.6 is 0 Å². The number of rotatable bonds is 3.